The van der Waals surface area contributed by atoms with Crippen LogP contribution in [-0.4, -0.2) is 37.4 Å². The van der Waals surface area contributed by atoms with E-state index in [0.29, 0.717) is 26.1 Å². The third kappa shape index (κ3) is 4.47. The fraction of sp³-hybridized carbons (Fsp3) is 0.381. The molecule has 28 heavy (non-hydrogen) atoms. The summed E-state index contributed by atoms with van der Waals surface area (Å²) in [5.41, 5.74) is 2.98. The lowest BCUT2D eigenvalue weighted by molar-refractivity contribution is -0.137. The number of halogens is 3. The van der Waals surface area contributed by atoms with Gasteiger partial charge in [-0.3, -0.25) is 0 Å². The minimum absolute atomic E-state index is 0.328. The molecule has 0 saturated carbocycles. The van der Waals surface area contributed by atoms with Crippen LogP contribution in [0.5, 0.6) is 0 Å². The number of amides is 1. The molecule has 0 fully saturated rings. The van der Waals surface area contributed by atoms with Gasteiger partial charge in [-0.1, -0.05) is 30.3 Å². The molecule has 1 amide bonds. The molecule has 1 aliphatic rings. The zero-order chi connectivity index (χ0) is 20.3. The van der Waals surface area contributed by atoms with Crippen LogP contribution in [-0.2, 0) is 28.6 Å². The molecule has 0 aromatic heterocycles. The second kappa shape index (κ2) is 8.22. The maximum atomic E-state index is 12.8. The molecule has 0 radical (unpaired) electrons. The maximum Gasteiger partial charge on any atom is 0.416 e. The van der Waals surface area contributed by atoms with Gasteiger partial charge in [-0.2, -0.15) is 13.2 Å². The van der Waals surface area contributed by atoms with Crippen molar-refractivity contribution in [1.29, 1.82) is 0 Å². The number of benzene rings is 2. The first-order chi connectivity index (χ1) is 13.3. The Morgan fingerprint density at radius 1 is 1.18 bits per heavy atom. The summed E-state index contributed by atoms with van der Waals surface area (Å²) in [6, 6.07) is 10.9. The third-order valence-corrected chi connectivity index (χ3v) is 4.75. The summed E-state index contributed by atoms with van der Waals surface area (Å²) >= 11 is 0. The number of rotatable bonds is 4. The summed E-state index contributed by atoms with van der Waals surface area (Å²) in [5, 5.41) is 0. The fourth-order valence-corrected chi connectivity index (χ4v) is 3.39. The number of alkyl halides is 3. The van der Waals surface area contributed by atoms with Crippen LogP contribution in [0.3, 0.4) is 0 Å². The van der Waals surface area contributed by atoms with Crippen LogP contribution in [0.1, 0.15) is 23.6 Å². The van der Waals surface area contributed by atoms with Crippen molar-refractivity contribution in [3.8, 4) is 11.1 Å². The van der Waals surface area contributed by atoms with Gasteiger partial charge in [-0.05, 0) is 47.7 Å². The molecule has 0 bridgehead atoms. The Bertz CT molecular complexity index is 834. The largest absolute Gasteiger partial charge is 0.444 e. The van der Waals surface area contributed by atoms with Gasteiger partial charge in [0, 0.05) is 20.2 Å². The van der Waals surface area contributed by atoms with E-state index in [4.69, 9.17) is 9.47 Å². The minimum atomic E-state index is -4.35. The van der Waals surface area contributed by atoms with Crippen molar-refractivity contribution in [3.63, 3.8) is 0 Å². The van der Waals surface area contributed by atoms with Crippen LogP contribution < -0.4 is 0 Å². The number of methoxy groups -OCH3 is 1. The predicted octanol–water partition coefficient (Wildman–Crippen LogP) is 4.90. The monoisotopic (exact) mass is 393 g/mol. The van der Waals surface area contributed by atoms with E-state index in [1.165, 1.54) is 12.1 Å². The van der Waals surface area contributed by atoms with E-state index in [0.717, 1.165) is 34.4 Å². The molecular formula is C21H22F3NO3. The molecule has 0 saturated heterocycles. The zero-order valence-corrected chi connectivity index (χ0v) is 15.8. The van der Waals surface area contributed by atoms with Crippen LogP contribution >= 0.6 is 0 Å². The van der Waals surface area contributed by atoms with Crippen LogP contribution in [0, 0.1) is 0 Å². The van der Waals surface area contributed by atoms with Gasteiger partial charge >= 0.3 is 12.3 Å². The van der Waals surface area contributed by atoms with E-state index in [1.54, 1.807) is 18.9 Å². The van der Waals surface area contributed by atoms with Crippen molar-refractivity contribution in [2.45, 2.75) is 32.2 Å². The van der Waals surface area contributed by atoms with E-state index in [-0.39, 0.29) is 6.10 Å². The topological polar surface area (TPSA) is 38.8 Å². The SMILES string of the molecule is COCC(C)OC(=O)N1CCc2c(cccc2-c2ccc(C(F)(F)F)cc2)C1. The summed E-state index contributed by atoms with van der Waals surface area (Å²) in [4.78, 5) is 14.0. The van der Waals surface area contributed by atoms with Gasteiger partial charge < -0.3 is 14.4 Å². The maximum absolute atomic E-state index is 12.8. The molecule has 0 N–H and O–H groups in total. The van der Waals surface area contributed by atoms with Crippen molar-refractivity contribution >= 4 is 6.09 Å². The molecule has 2 aromatic rings. The Labute approximate surface area is 161 Å². The molecular weight excluding hydrogens is 371 g/mol. The van der Waals surface area contributed by atoms with E-state index in [2.05, 4.69) is 0 Å². The van der Waals surface area contributed by atoms with Gasteiger partial charge in [-0.15, -0.1) is 0 Å². The fourth-order valence-electron chi connectivity index (χ4n) is 3.39. The van der Waals surface area contributed by atoms with Crippen molar-refractivity contribution < 1.29 is 27.4 Å². The molecule has 150 valence electrons. The first-order valence-corrected chi connectivity index (χ1v) is 9.02. The number of fused-ring (bicyclic) bond motifs is 1. The lowest BCUT2D eigenvalue weighted by Gasteiger charge is -2.30. The van der Waals surface area contributed by atoms with Gasteiger partial charge in [0.2, 0.25) is 0 Å². The summed E-state index contributed by atoms with van der Waals surface area (Å²) < 4.78 is 48.7. The lowest BCUT2D eigenvalue weighted by Crippen LogP contribution is -2.38. The summed E-state index contributed by atoms with van der Waals surface area (Å²) in [6.07, 6.45) is -4.47. The number of ether oxygens (including phenoxy) is 2. The summed E-state index contributed by atoms with van der Waals surface area (Å²) in [5.74, 6) is 0. The number of carbonyl (C=O) groups is 1. The van der Waals surface area contributed by atoms with Gasteiger partial charge in [0.15, 0.2) is 0 Å². The van der Waals surface area contributed by atoms with Crippen LogP contribution in [0.25, 0.3) is 11.1 Å². The standard InChI is InChI=1S/C21H22F3NO3/c1-14(13-27-2)28-20(26)25-11-10-19-16(12-25)4-3-5-18(19)15-6-8-17(9-7-15)21(22,23)24/h3-9,14H,10-13H2,1-2H3. The van der Waals surface area contributed by atoms with Crippen molar-refractivity contribution in [2.24, 2.45) is 0 Å². The van der Waals surface area contributed by atoms with Crippen molar-refractivity contribution in [1.82, 2.24) is 4.90 Å². The quantitative estimate of drug-likeness (QED) is 0.742. The second-order valence-electron chi connectivity index (χ2n) is 6.84. The minimum Gasteiger partial charge on any atom is -0.444 e. The van der Waals surface area contributed by atoms with Gasteiger partial charge in [0.1, 0.15) is 6.10 Å². The van der Waals surface area contributed by atoms with Crippen LogP contribution in [0.15, 0.2) is 42.5 Å². The molecule has 1 heterocycles. The molecule has 1 unspecified atom stereocenters. The molecule has 1 atom stereocenters. The number of hydrogen-bond acceptors (Lipinski definition) is 3. The van der Waals surface area contributed by atoms with Gasteiger partial charge in [0.25, 0.3) is 0 Å². The van der Waals surface area contributed by atoms with Crippen LogP contribution in [0.4, 0.5) is 18.0 Å². The van der Waals surface area contributed by atoms with E-state index >= 15 is 0 Å². The van der Waals surface area contributed by atoms with Crippen LogP contribution in [0.2, 0.25) is 0 Å². The first-order valence-electron chi connectivity index (χ1n) is 9.02. The molecule has 0 aliphatic carbocycles. The van der Waals surface area contributed by atoms with E-state index in [1.807, 2.05) is 18.2 Å². The Morgan fingerprint density at radius 2 is 1.89 bits per heavy atom. The lowest BCUT2D eigenvalue weighted by atomic mass is 9.90. The predicted molar refractivity (Wildman–Crippen MR) is 98.8 cm³/mol. The normalized spacial score (nSPS) is 15.1. The van der Waals surface area contributed by atoms with Crippen molar-refractivity contribution in [3.05, 3.63) is 59.2 Å². The van der Waals surface area contributed by atoms with Gasteiger partial charge in [-0.25, -0.2) is 4.79 Å². The molecule has 3 rings (SSSR count). The first kappa shape index (κ1) is 20.2. The average molecular weight is 393 g/mol. The summed E-state index contributed by atoms with van der Waals surface area (Å²) in [6.45, 7) is 2.99. The highest BCUT2D eigenvalue weighted by molar-refractivity contribution is 5.72. The van der Waals surface area contributed by atoms with Gasteiger partial charge in [0.05, 0.1) is 12.2 Å². The number of hydrogen-bond donors (Lipinski definition) is 0. The smallest absolute Gasteiger partial charge is 0.416 e. The molecule has 1 aliphatic heterocycles. The Balaban J connectivity index is 1.78. The number of nitrogens with zero attached hydrogens (tertiary/aromatic N) is 1. The third-order valence-electron chi connectivity index (χ3n) is 4.75. The Kier molecular flexibility index (Phi) is 5.93. The Morgan fingerprint density at radius 3 is 2.54 bits per heavy atom. The molecule has 4 nitrogen and oxygen atoms in total. The molecule has 2 aromatic carbocycles. The highest BCUT2D eigenvalue weighted by Crippen LogP contribution is 2.34. The average Bonchev–Trinajstić information content (AvgIpc) is 2.66. The molecule has 0 spiro atoms. The Hall–Kier alpha value is -2.54. The van der Waals surface area contributed by atoms with Crippen molar-refractivity contribution in [2.75, 3.05) is 20.3 Å². The summed E-state index contributed by atoms with van der Waals surface area (Å²) in [7, 11) is 1.55. The highest BCUT2D eigenvalue weighted by atomic mass is 19.4. The van der Waals surface area contributed by atoms with E-state index < -0.39 is 17.8 Å². The highest BCUT2D eigenvalue weighted by Gasteiger charge is 2.30. The zero-order valence-electron chi connectivity index (χ0n) is 15.8. The van der Waals surface area contributed by atoms with E-state index in [9.17, 15) is 18.0 Å². The number of carbonyl (C=O) groups excluding carboxylic acids is 1. The molecule has 7 heteroatoms. The second-order valence-corrected chi connectivity index (χ2v) is 6.84.